The van der Waals surface area contributed by atoms with Crippen LogP contribution in [-0.2, 0) is 6.18 Å². The number of aromatic amines is 1. The lowest BCUT2D eigenvalue weighted by molar-refractivity contribution is -0.137. The Balaban J connectivity index is 2.54. The van der Waals surface area contributed by atoms with E-state index in [4.69, 9.17) is 0 Å². The molecule has 0 unspecified atom stereocenters. The predicted octanol–water partition coefficient (Wildman–Crippen LogP) is 2.80. The van der Waals surface area contributed by atoms with Crippen LogP contribution in [0.1, 0.15) is 5.56 Å². The molecule has 6 heteroatoms. The largest absolute Gasteiger partial charge is 0.507 e. The van der Waals surface area contributed by atoms with E-state index in [1.165, 1.54) is 12.5 Å². The van der Waals surface area contributed by atoms with Crippen LogP contribution in [0.3, 0.4) is 0 Å². The molecule has 84 valence electrons. The first-order valence-corrected chi connectivity index (χ1v) is 4.37. The number of phenolic OH excluding ortho intramolecular Hbond substituents is 1. The number of alkyl halides is 3. The highest BCUT2D eigenvalue weighted by atomic mass is 19.4. The zero-order chi connectivity index (χ0) is 11.8. The molecule has 0 radical (unpaired) electrons. The van der Waals surface area contributed by atoms with E-state index in [9.17, 15) is 18.3 Å². The summed E-state index contributed by atoms with van der Waals surface area (Å²) in [5, 5.41) is 9.46. The number of halogens is 3. The Morgan fingerprint density at radius 1 is 1.25 bits per heavy atom. The highest BCUT2D eigenvalue weighted by Gasteiger charge is 2.31. The van der Waals surface area contributed by atoms with Gasteiger partial charge >= 0.3 is 6.18 Å². The highest BCUT2D eigenvalue weighted by molar-refractivity contribution is 5.67. The first-order chi connectivity index (χ1) is 7.48. The topological polar surface area (TPSA) is 48.9 Å². The van der Waals surface area contributed by atoms with Gasteiger partial charge in [0.2, 0.25) is 0 Å². The van der Waals surface area contributed by atoms with Gasteiger partial charge in [0.15, 0.2) is 0 Å². The van der Waals surface area contributed by atoms with E-state index in [1.54, 1.807) is 0 Å². The Labute approximate surface area is 88.6 Å². The first kappa shape index (κ1) is 10.5. The molecule has 0 bridgehead atoms. The molecule has 1 heterocycles. The second-order valence-corrected chi connectivity index (χ2v) is 3.19. The molecule has 2 aromatic rings. The lowest BCUT2D eigenvalue weighted by Crippen LogP contribution is -2.04. The maximum atomic E-state index is 12.4. The van der Waals surface area contributed by atoms with E-state index in [0.717, 1.165) is 18.2 Å². The molecule has 0 aliphatic rings. The normalized spacial score (nSPS) is 11.7. The molecular weight excluding hydrogens is 221 g/mol. The minimum Gasteiger partial charge on any atom is -0.507 e. The summed E-state index contributed by atoms with van der Waals surface area (Å²) in [7, 11) is 0. The van der Waals surface area contributed by atoms with Crippen LogP contribution in [0.25, 0.3) is 11.3 Å². The lowest BCUT2D eigenvalue weighted by Gasteiger charge is -2.09. The molecule has 2 N–H and O–H groups in total. The van der Waals surface area contributed by atoms with Crippen molar-refractivity contribution in [3.8, 4) is 17.0 Å². The van der Waals surface area contributed by atoms with Crippen molar-refractivity contribution in [1.29, 1.82) is 0 Å². The smallest absolute Gasteiger partial charge is 0.416 e. The van der Waals surface area contributed by atoms with E-state index in [0.29, 0.717) is 5.69 Å². The van der Waals surface area contributed by atoms with Gasteiger partial charge < -0.3 is 10.1 Å². The fourth-order valence-corrected chi connectivity index (χ4v) is 1.33. The Morgan fingerprint density at radius 3 is 2.56 bits per heavy atom. The van der Waals surface area contributed by atoms with Crippen LogP contribution >= 0.6 is 0 Å². The van der Waals surface area contributed by atoms with E-state index >= 15 is 0 Å². The standard InChI is InChI=1S/C10H7F3N2O/c11-10(12,13)6-1-2-9(16)7(3-6)8-4-14-5-15-8/h1-5,16H,(H,14,15). The van der Waals surface area contributed by atoms with Crippen molar-refractivity contribution in [3.63, 3.8) is 0 Å². The number of H-pyrrole nitrogens is 1. The van der Waals surface area contributed by atoms with Gasteiger partial charge in [-0.25, -0.2) is 4.98 Å². The number of nitrogens with zero attached hydrogens (tertiary/aromatic N) is 1. The number of hydrogen-bond donors (Lipinski definition) is 2. The predicted molar refractivity (Wildman–Crippen MR) is 50.7 cm³/mol. The molecule has 0 aliphatic carbocycles. The minimum atomic E-state index is -4.43. The van der Waals surface area contributed by atoms with E-state index in [2.05, 4.69) is 9.97 Å². The molecule has 2 rings (SSSR count). The first-order valence-electron chi connectivity index (χ1n) is 4.37. The molecule has 16 heavy (non-hydrogen) atoms. The Kier molecular flexibility index (Phi) is 2.34. The van der Waals surface area contributed by atoms with Crippen molar-refractivity contribution in [2.45, 2.75) is 6.18 Å². The van der Waals surface area contributed by atoms with E-state index in [1.807, 2.05) is 0 Å². The quantitative estimate of drug-likeness (QED) is 0.788. The summed E-state index contributed by atoms with van der Waals surface area (Å²) in [5.74, 6) is -0.225. The summed E-state index contributed by atoms with van der Waals surface area (Å²) < 4.78 is 37.3. The molecule has 0 atom stereocenters. The van der Waals surface area contributed by atoms with Gasteiger partial charge in [0.05, 0.1) is 23.8 Å². The molecule has 1 aromatic carbocycles. The molecular formula is C10H7F3N2O. The molecule has 0 amide bonds. The van der Waals surface area contributed by atoms with Crippen LogP contribution in [0.5, 0.6) is 5.75 Å². The van der Waals surface area contributed by atoms with Crippen molar-refractivity contribution in [1.82, 2.24) is 9.97 Å². The van der Waals surface area contributed by atoms with Crippen LogP contribution in [-0.4, -0.2) is 15.1 Å². The third kappa shape index (κ3) is 1.86. The van der Waals surface area contributed by atoms with Crippen LogP contribution in [0.15, 0.2) is 30.7 Å². The van der Waals surface area contributed by atoms with Gasteiger partial charge in [-0.1, -0.05) is 0 Å². The van der Waals surface area contributed by atoms with Gasteiger partial charge in [0, 0.05) is 5.56 Å². The van der Waals surface area contributed by atoms with E-state index in [-0.39, 0.29) is 11.3 Å². The van der Waals surface area contributed by atoms with Gasteiger partial charge in [-0.15, -0.1) is 0 Å². The molecule has 0 saturated carbocycles. The van der Waals surface area contributed by atoms with Crippen molar-refractivity contribution < 1.29 is 18.3 Å². The van der Waals surface area contributed by atoms with Gasteiger partial charge in [0.25, 0.3) is 0 Å². The zero-order valence-corrected chi connectivity index (χ0v) is 7.92. The van der Waals surface area contributed by atoms with Gasteiger partial charge in [-0.3, -0.25) is 0 Å². The summed E-state index contributed by atoms with van der Waals surface area (Å²) in [4.78, 5) is 6.32. The SMILES string of the molecule is Oc1ccc(C(F)(F)F)cc1-c1cnc[nH]1. The monoisotopic (exact) mass is 228 g/mol. The highest BCUT2D eigenvalue weighted by Crippen LogP contribution is 2.35. The molecule has 1 aromatic heterocycles. The lowest BCUT2D eigenvalue weighted by atomic mass is 10.1. The van der Waals surface area contributed by atoms with Crippen LogP contribution in [0.2, 0.25) is 0 Å². The second kappa shape index (κ2) is 3.55. The summed E-state index contributed by atoms with van der Waals surface area (Å²) >= 11 is 0. The van der Waals surface area contributed by atoms with Crippen LogP contribution < -0.4 is 0 Å². The Bertz CT molecular complexity index is 491. The molecule has 3 nitrogen and oxygen atoms in total. The number of benzene rings is 1. The second-order valence-electron chi connectivity index (χ2n) is 3.19. The molecule has 0 aliphatic heterocycles. The molecule has 0 spiro atoms. The van der Waals surface area contributed by atoms with Crippen molar-refractivity contribution in [3.05, 3.63) is 36.3 Å². The summed E-state index contributed by atoms with van der Waals surface area (Å²) in [6.07, 6.45) is -1.76. The average Bonchev–Trinajstić information content (AvgIpc) is 2.69. The maximum absolute atomic E-state index is 12.4. The fraction of sp³-hybridized carbons (Fsp3) is 0.100. The van der Waals surface area contributed by atoms with E-state index < -0.39 is 11.7 Å². The van der Waals surface area contributed by atoms with Gasteiger partial charge in [0.1, 0.15) is 5.75 Å². The number of imidazole rings is 1. The summed E-state index contributed by atoms with van der Waals surface area (Å²) in [6.45, 7) is 0. The third-order valence-corrected chi connectivity index (χ3v) is 2.11. The van der Waals surface area contributed by atoms with Crippen molar-refractivity contribution >= 4 is 0 Å². The summed E-state index contributed by atoms with van der Waals surface area (Å²) in [5.41, 5.74) is -0.397. The number of nitrogens with one attached hydrogen (secondary N) is 1. The van der Waals surface area contributed by atoms with Crippen LogP contribution in [0.4, 0.5) is 13.2 Å². The fourth-order valence-electron chi connectivity index (χ4n) is 1.33. The third-order valence-electron chi connectivity index (χ3n) is 2.11. The van der Waals surface area contributed by atoms with Gasteiger partial charge in [-0.2, -0.15) is 13.2 Å². The maximum Gasteiger partial charge on any atom is 0.416 e. The number of rotatable bonds is 1. The zero-order valence-electron chi connectivity index (χ0n) is 7.92. The molecule has 0 fully saturated rings. The molecule has 0 saturated heterocycles. The van der Waals surface area contributed by atoms with Crippen molar-refractivity contribution in [2.75, 3.05) is 0 Å². The number of aromatic nitrogens is 2. The Morgan fingerprint density at radius 2 is 2.00 bits per heavy atom. The number of phenols is 1. The van der Waals surface area contributed by atoms with Gasteiger partial charge in [-0.05, 0) is 18.2 Å². The number of hydrogen-bond acceptors (Lipinski definition) is 2. The minimum absolute atomic E-state index is 0.0762. The summed E-state index contributed by atoms with van der Waals surface area (Å²) in [6, 6.07) is 2.72. The number of aromatic hydroxyl groups is 1. The van der Waals surface area contributed by atoms with Crippen molar-refractivity contribution in [2.24, 2.45) is 0 Å². The Hall–Kier alpha value is -1.98. The van der Waals surface area contributed by atoms with Crippen LogP contribution in [0, 0.1) is 0 Å². The average molecular weight is 228 g/mol.